The van der Waals surface area contributed by atoms with Crippen LogP contribution < -0.4 is 10.6 Å². The number of thiazole rings is 1. The first-order valence-electron chi connectivity index (χ1n) is 6.13. The summed E-state index contributed by atoms with van der Waals surface area (Å²) >= 11 is 1.75. The van der Waals surface area contributed by atoms with Crippen molar-refractivity contribution in [1.82, 2.24) is 4.98 Å². The van der Waals surface area contributed by atoms with E-state index in [1.54, 1.807) is 11.3 Å². The van der Waals surface area contributed by atoms with Gasteiger partial charge in [-0.3, -0.25) is 0 Å². The summed E-state index contributed by atoms with van der Waals surface area (Å²) in [7, 11) is 0. The quantitative estimate of drug-likeness (QED) is 0.863. The van der Waals surface area contributed by atoms with Crippen LogP contribution in [-0.4, -0.2) is 18.1 Å². The minimum absolute atomic E-state index is 0.108. The molecule has 0 spiro atoms. The summed E-state index contributed by atoms with van der Waals surface area (Å²) in [6, 6.07) is 0.108. The predicted molar refractivity (Wildman–Crippen MR) is 69.9 cm³/mol. The van der Waals surface area contributed by atoms with Crippen LogP contribution in [-0.2, 0) is 0 Å². The Balaban J connectivity index is 2.05. The molecule has 1 aliphatic heterocycles. The van der Waals surface area contributed by atoms with Crippen LogP contribution in [0.1, 0.15) is 44.0 Å². The summed E-state index contributed by atoms with van der Waals surface area (Å²) in [6.07, 6.45) is 5.85. The van der Waals surface area contributed by atoms with Crippen molar-refractivity contribution in [2.45, 2.75) is 39.2 Å². The Morgan fingerprint density at radius 3 is 3.00 bits per heavy atom. The number of anilines is 1. The molecule has 4 heteroatoms. The Morgan fingerprint density at radius 2 is 2.31 bits per heavy atom. The van der Waals surface area contributed by atoms with Crippen molar-refractivity contribution in [2.24, 2.45) is 11.7 Å². The zero-order valence-corrected chi connectivity index (χ0v) is 11.0. The zero-order chi connectivity index (χ0) is 11.5. The van der Waals surface area contributed by atoms with Crippen LogP contribution in [0.4, 0.5) is 5.13 Å². The van der Waals surface area contributed by atoms with Gasteiger partial charge in [0, 0.05) is 30.2 Å². The van der Waals surface area contributed by atoms with E-state index in [4.69, 9.17) is 5.73 Å². The molecule has 2 rings (SSSR count). The average Bonchev–Trinajstić information content (AvgIpc) is 2.63. The summed E-state index contributed by atoms with van der Waals surface area (Å²) in [6.45, 7) is 6.66. The molecule has 16 heavy (non-hydrogen) atoms. The van der Waals surface area contributed by atoms with Gasteiger partial charge in [0.2, 0.25) is 0 Å². The molecule has 1 aliphatic rings. The summed E-state index contributed by atoms with van der Waals surface area (Å²) in [4.78, 5) is 8.10. The summed E-state index contributed by atoms with van der Waals surface area (Å²) in [5, 5.41) is 1.15. The van der Waals surface area contributed by atoms with E-state index in [1.165, 1.54) is 24.1 Å². The van der Waals surface area contributed by atoms with Gasteiger partial charge in [-0.1, -0.05) is 6.92 Å². The van der Waals surface area contributed by atoms with Gasteiger partial charge in [-0.25, -0.2) is 4.98 Å². The van der Waals surface area contributed by atoms with Gasteiger partial charge in [-0.2, -0.15) is 0 Å². The Bertz CT molecular complexity index is 335. The van der Waals surface area contributed by atoms with Gasteiger partial charge in [-0.15, -0.1) is 11.3 Å². The number of nitrogens with two attached hydrogens (primary N) is 1. The molecule has 0 amide bonds. The first-order chi connectivity index (χ1) is 7.66. The average molecular weight is 239 g/mol. The molecule has 0 saturated carbocycles. The van der Waals surface area contributed by atoms with Crippen molar-refractivity contribution in [1.29, 1.82) is 0 Å². The normalized spacial score (nSPS) is 24.2. The van der Waals surface area contributed by atoms with Crippen molar-refractivity contribution in [3.05, 3.63) is 11.1 Å². The lowest BCUT2D eigenvalue weighted by Gasteiger charge is -2.18. The fourth-order valence-electron chi connectivity index (χ4n) is 2.09. The second-order valence-corrected chi connectivity index (χ2v) is 5.90. The van der Waals surface area contributed by atoms with E-state index < -0.39 is 0 Å². The third-order valence-corrected chi connectivity index (χ3v) is 4.51. The van der Waals surface area contributed by atoms with E-state index in [-0.39, 0.29) is 6.04 Å². The number of rotatable bonds is 2. The van der Waals surface area contributed by atoms with E-state index in [2.05, 4.69) is 16.8 Å². The maximum absolute atomic E-state index is 5.86. The van der Waals surface area contributed by atoms with Crippen LogP contribution in [0.3, 0.4) is 0 Å². The summed E-state index contributed by atoms with van der Waals surface area (Å²) < 4.78 is 0. The summed E-state index contributed by atoms with van der Waals surface area (Å²) in [5.74, 6) is 0.859. The van der Waals surface area contributed by atoms with Crippen molar-refractivity contribution in [2.75, 3.05) is 18.0 Å². The number of hydrogen-bond acceptors (Lipinski definition) is 4. The minimum Gasteiger partial charge on any atom is -0.348 e. The maximum atomic E-state index is 5.86. The Labute approximate surface area is 102 Å². The molecule has 0 aliphatic carbocycles. The van der Waals surface area contributed by atoms with Gasteiger partial charge in [0.05, 0.1) is 0 Å². The lowest BCUT2D eigenvalue weighted by Crippen LogP contribution is -2.23. The van der Waals surface area contributed by atoms with Gasteiger partial charge >= 0.3 is 0 Å². The monoisotopic (exact) mass is 239 g/mol. The highest BCUT2D eigenvalue weighted by molar-refractivity contribution is 7.15. The van der Waals surface area contributed by atoms with Crippen LogP contribution in [0.25, 0.3) is 0 Å². The second-order valence-electron chi connectivity index (χ2n) is 4.86. The smallest absolute Gasteiger partial charge is 0.185 e. The van der Waals surface area contributed by atoms with Crippen LogP contribution in [0.15, 0.2) is 6.20 Å². The van der Waals surface area contributed by atoms with Gasteiger partial charge < -0.3 is 10.6 Å². The van der Waals surface area contributed by atoms with Crippen LogP contribution in [0.2, 0.25) is 0 Å². The molecular formula is C12H21N3S. The molecule has 2 atom stereocenters. The van der Waals surface area contributed by atoms with E-state index in [1.807, 2.05) is 13.1 Å². The Hall–Kier alpha value is -0.610. The van der Waals surface area contributed by atoms with Crippen LogP contribution in [0, 0.1) is 5.92 Å². The van der Waals surface area contributed by atoms with Gasteiger partial charge in [0.15, 0.2) is 5.13 Å². The fraction of sp³-hybridized carbons (Fsp3) is 0.750. The molecular weight excluding hydrogens is 218 g/mol. The lowest BCUT2D eigenvalue weighted by molar-refractivity contribution is 0.521. The third kappa shape index (κ3) is 2.74. The molecule has 2 unspecified atom stereocenters. The topological polar surface area (TPSA) is 42.2 Å². The fourth-order valence-corrected chi connectivity index (χ4v) is 3.01. The highest BCUT2D eigenvalue weighted by Gasteiger charge is 2.17. The second kappa shape index (κ2) is 5.15. The standard InChI is InChI=1S/C12H21N3S/c1-9-4-3-6-15(7-5-9)12-14-8-11(16-12)10(2)13/h8-10H,3-7,13H2,1-2H3. The van der Waals surface area contributed by atoms with Crippen molar-refractivity contribution < 1.29 is 0 Å². The van der Waals surface area contributed by atoms with Gasteiger partial charge in [0.1, 0.15) is 0 Å². The highest BCUT2D eigenvalue weighted by atomic mass is 32.1. The molecule has 0 radical (unpaired) electrons. The lowest BCUT2D eigenvalue weighted by atomic mass is 10.0. The van der Waals surface area contributed by atoms with Gasteiger partial charge in [0.25, 0.3) is 0 Å². The number of aromatic nitrogens is 1. The SMILES string of the molecule is CC1CCCN(c2ncc(C(C)N)s2)CC1. The number of nitrogens with zero attached hydrogens (tertiary/aromatic N) is 2. The van der Waals surface area contributed by atoms with Crippen molar-refractivity contribution in [3.8, 4) is 0 Å². The molecule has 0 aromatic carbocycles. The third-order valence-electron chi connectivity index (χ3n) is 3.25. The van der Waals surface area contributed by atoms with E-state index in [9.17, 15) is 0 Å². The molecule has 2 heterocycles. The van der Waals surface area contributed by atoms with Gasteiger partial charge in [-0.05, 0) is 32.1 Å². The molecule has 1 fully saturated rings. The maximum Gasteiger partial charge on any atom is 0.185 e. The van der Waals surface area contributed by atoms with Crippen LogP contribution >= 0.6 is 11.3 Å². The predicted octanol–water partition coefficient (Wildman–Crippen LogP) is 2.79. The first-order valence-corrected chi connectivity index (χ1v) is 6.94. The molecule has 1 aromatic rings. The Kier molecular flexibility index (Phi) is 3.82. The molecule has 3 nitrogen and oxygen atoms in total. The zero-order valence-electron chi connectivity index (χ0n) is 10.1. The highest BCUT2D eigenvalue weighted by Crippen LogP contribution is 2.28. The summed E-state index contributed by atoms with van der Waals surface area (Å²) in [5.41, 5.74) is 5.86. The van der Waals surface area contributed by atoms with E-state index in [0.29, 0.717) is 0 Å². The van der Waals surface area contributed by atoms with E-state index in [0.717, 1.165) is 24.1 Å². The minimum atomic E-state index is 0.108. The molecule has 1 aromatic heterocycles. The molecule has 2 N–H and O–H groups in total. The van der Waals surface area contributed by atoms with E-state index >= 15 is 0 Å². The van der Waals surface area contributed by atoms with Crippen LogP contribution in [0.5, 0.6) is 0 Å². The molecule has 90 valence electrons. The Morgan fingerprint density at radius 1 is 1.50 bits per heavy atom. The van der Waals surface area contributed by atoms with Crippen molar-refractivity contribution in [3.63, 3.8) is 0 Å². The molecule has 0 bridgehead atoms. The molecule has 1 saturated heterocycles. The number of hydrogen-bond donors (Lipinski definition) is 1. The first kappa shape index (κ1) is 11.9. The largest absolute Gasteiger partial charge is 0.348 e. The van der Waals surface area contributed by atoms with Crippen molar-refractivity contribution >= 4 is 16.5 Å².